The van der Waals surface area contributed by atoms with Gasteiger partial charge in [-0.1, -0.05) is 6.92 Å². The maximum atomic E-state index is 6.18. The van der Waals surface area contributed by atoms with Gasteiger partial charge in [-0.05, 0) is 60.5 Å². The first kappa shape index (κ1) is 14.5. The Kier molecular flexibility index (Phi) is 4.76. The molecule has 1 N–H and O–H groups in total. The highest BCUT2D eigenvalue weighted by Crippen LogP contribution is 2.42. The van der Waals surface area contributed by atoms with Crippen LogP contribution in [0.5, 0.6) is 0 Å². The summed E-state index contributed by atoms with van der Waals surface area (Å²) in [6, 6.07) is 2.75. The van der Waals surface area contributed by atoms with E-state index in [1.807, 2.05) is 0 Å². The van der Waals surface area contributed by atoms with Crippen molar-refractivity contribution in [3.05, 3.63) is 22.4 Å². The molecule has 2 saturated heterocycles. The maximum absolute atomic E-state index is 6.18. The molecule has 2 unspecified atom stereocenters. The average Bonchev–Trinajstić information content (AvgIpc) is 2.99. The molecular weight excluding hydrogens is 270 g/mol. The summed E-state index contributed by atoms with van der Waals surface area (Å²) in [5.41, 5.74) is 1.54. The lowest BCUT2D eigenvalue weighted by Gasteiger charge is -2.45. The Morgan fingerprint density at radius 2 is 2.25 bits per heavy atom. The third-order valence-corrected chi connectivity index (χ3v) is 5.43. The van der Waals surface area contributed by atoms with Crippen molar-refractivity contribution in [2.75, 3.05) is 26.4 Å². The molecule has 3 nitrogen and oxygen atoms in total. The fourth-order valence-electron chi connectivity index (χ4n) is 3.67. The van der Waals surface area contributed by atoms with Gasteiger partial charge in [-0.25, -0.2) is 0 Å². The van der Waals surface area contributed by atoms with Crippen LogP contribution in [0.25, 0.3) is 0 Å². The van der Waals surface area contributed by atoms with Crippen LogP contribution in [0.4, 0.5) is 0 Å². The van der Waals surface area contributed by atoms with Crippen LogP contribution in [0.1, 0.15) is 44.2 Å². The third-order valence-electron chi connectivity index (χ3n) is 4.73. The normalized spacial score (nSPS) is 27.6. The van der Waals surface area contributed by atoms with Gasteiger partial charge in [-0.2, -0.15) is 11.3 Å². The van der Waals surface area contributed by atoms with Crippen LogP contribution < -0.4 is 5.32 Å². The van der Waals surface area contributed by atoms with E-state index in [-0.39, 0.29) is 5.60 Å². The Labute approximate surface area is 125 Å². The molecule has 20 heavy (non-hydrogen) atoms. The fourth-order valence-corrected chi connectivity index (χ4v) is 4.37. The van der Waals surface area contributed by atoms with Crippen molar-refractivity contribution in [2.24, 2.45) is 5.92 Å². The minimum atomic E-state index is 0.0882. The molecular formula is C16H25NO2S. The highest BCUT2D eigenvalue weighted by molar-refractivity contribution is 7.07. The fraction of sp³-hybridized carbons (Fsp3) is 0.750. The summed E-state index contributed by atoms with van der Waals surface area (Å²) in [4.78, 5) is 0. The molecule has 2 aliphatic heterocycles. The van der Waals surface area contributed by atoms with Crippen molar-refractivity contribution in [2.45, 2.75) is 44.2 Å². The number of nitrogens with one attached hydrogen (secondary N) is 1. The largest absolute Gasteiger partial charge is 0.381 e. The Hall–Kier alpha value is -0.420. The minimum absolute atomic E-state index is 0.0882. The van der Waals surface area contributed by atoms with Gasteiger partial charge in [-0.15, -0.1) is 0 Å². The predicted molar refractivity (Wildman–Crippen MR) is 82.2 cm³/mol. The maximum Gasteiger partial charge on any atom is 0.0729 e. The number of hydrogen-bond acceptors (Lipinski definition) is 4. The number of thiophene rings is 1. The minimum Gasteiger partial charge on any atom is -0.381 e. The van der Waals surface area contributed by atoms with E-state index < -0.39 is 0 Å². The lowest BCUT2D eigenvalue weighted by Crippen LogP contribution is -2.46. The second kappa shape index (κ2) is 6.56. The first-order chi connectivity index (χ1) is 9.83. The zero-order valence-corrected chi connectivity index (χ0v) is 13.1. The van der Waals surface area contributed by atoms with Crippen molar-refractivity contribution in [1.82, 2.24) is 5.32 Å². The third kappa shape index (κ3) is 3.08. The lowest BCUT2D eigenvalue weighted by atomic mass is 9.76. The molecule has 1 spiro atoms. The molecule has 3 rings (SSSR count). The standard InChI is InChI=1S/C16H25NO2S/c1-2-17-15(14-4-10-20-12-14)13-3-7-19-16(11-13)5-8-18-9-6-16/h4,10,12-13,15,17H,2-3,5-9,11H2,1H3. The van der Waals surface area contributed by atoms with Gasteiger partial charge in [0, 0.05) is 25.9 Å². The van der Waals surface area contributed by atoms with Crippen molar-refractivity contribution >= 4 is 11.3 Å². The molecule has 2 atom stereocenters. The highest BCUT2D eigenvalue weighted by atomic mass is 32.1. The molecule has 112 valence electrons. The molecule has 0 amide bonds. The summed E-state index contributed by atoms with van der Waals surface area (Å²) in [7, 11) is 0. The lowest BCUT2D eigenvalue weighted by molar-refractivity contribution is -0.150. The average molecular weight is 295 g/mol. The molecule has 2 fully saturated rings. The van der Waals surface area contributed by atoms with Crippen LogP contribution in [0.15, 0.2) is 16.8 Å². The Balaban J connectivity index is 1.73. The van der Waals surface area contributed by atoms with E-state index in [9.17, 15) is 0 Å². The smallest absolute Gasteiger partial charge is 0.0729 e. The van der Waals surface area contributed by atoms with Crippen LogP contribution in [-0.4, -0.2) is 32.0 Å². The zero-order valence-electron chi connectivity index (χ0n) is 12.3. The van der Waals surface area contributed by atoms with Gasteiger partial charge < -0.3 is 14.8 Å². The van der Waals surface area contributed by atoms with Gasteiger partial charge in [-0.3, -0.25) is 0 Å². The summed E-state index contributed by atoms with van der Waals surface area (Å²) in [6.07, 6.45) is 4.46. The number of rotatable bonds is 4. The van der Waals surface area contributed by atoms with Gasteiger partial charge in [0.25, 0.3) is 0 Å². The SMILES string of the molecule is CCNC(c1ccsc1)C1CCOC2(CCOCC2)C1. The molecule has 2 aliphatic rings. The number of hydrogen-bond donors (Lipinski definition) is 1. The van der Waals surface area contributed by atoms with E-state index in [0.717, 1.165) is 45.6 Å². The van der Waals surface area contributed by atoms with Crippen LogP contribution in [0.2, 0.25) is 0 Å². The second-order valence-electron chi connectivity index (χ2n) is 5.99. The molecule has 0 aromatic carbocycles. The van der Waals surface area contributed by atoms with Gasteiger partial charge in [0.15, 0.2) is 0 Å². The van der Waals surface area contributed by atoms with Crippen LogP contribution >= 0.6 is 11.3 Å². The van der Waals surface area contributed by atoms with E-state index in [1.54, 1.807) is 11.3 Å². The predicted octanol–water partition coefficient (Wildman–Crippen LogP) is 3.37. The second-order valence-corrected chi connectivity index (χ2v) is 6.77. The van der Waals surface area contributed by atoms with Crippen LogP contribution in [-0.2, 0) is 9.47 Å². The molecule has 0 bridgehead atoms. The summed E-state index contributed by atoms with van der Waals surface area (Å²) < 4.78 is 11.7. The first-order valence-corrected chi connectivity index (χ1v) is 8.74. The Bertz CT molecular complexity index is 395. The van der Waals surface area contributed by atoms with E-state index in [2.05, 4.69) is 29.1 Å². The Morgan fingerprint density at radius 3 is 2.95 bits per heavy atom. The van der Waals surface area contributed by atoms with Gasteiger partial charge >= 0.3 is 0 Å². The molecule has 1 aromatic rings. The first-order valence-electron chi connectivity index (χ1n) is 7.80. The molecule has 0 saturated carbocycles. The van der Waals surface area contributed by atoms with E-state index in [0.29, 0.717) is 12.0 Å². The van der Waals surface area contributed by atoms with Crippen molar-refractivity contribution in [3.63, 3.8) is 0 Å². The topological polar surface area (TPSA) is 30.5 Å². The van der Waals surface area contributed by atoms with Gasteiger partial charge in [0.2, 0.25) is 0 Å². The molecule has 4 heteroatoms. The summed E-state index contributed by atoms with van der Waals surface area (Å²) in [6.45, 7) is 5.84. The van der Waals surface area contributed by atoms with E-state index >= 15 is 0 Å². The van der Waals surface area contributed by atoms with Crippen LogP contribution in [0, 0.1) is 5.92 Å². The van der Waals surface area contributed by atoms with Crippen LogP contribution in [0.3, 0.4) is 0 Å². The van der Waals surface area contributed by atoms with Gasteiger partial charge in [0.05, 0.1) is 5.60 Å². The van der Waals surface area contributed by atoms with Crippen molar-refractivity contribution in [3.8, 4) is 0 Å². The Morgan fingerprint density at radius 1 is 1.40 bits per heavy atom. The number of ether oxygens (including phenoxy) is 2. The molecule has 3 heterocycles. The zero-order chi connectivity index (χ0) is 13.8. The summed E-state index contributed by atoms with van der Waals surface area (Å²) >= 11 is 1.79. The van der Waals surface area contributed by atoms with Gasteiger partial charge in [0.1, 0.15) is 0 Å². The molecule has 0 aliphatic carbocycles. The summed E-state index contributed by atoms with van der Waals surface area (Å²) in [5.74, 6) is 0.677. The van der Waals surface area contributed by atoms with E-state index in [4.69, 9.17) is 9.47 Å². The monoisotopic (exact) mass is 295 g/mol. The van der Waals surface area contributed by atoms with Crippen molar-refractivity contribution < 1.29 is 9.47 Å². The quantitative estimate of drug-likeness (QED) is 0.924. The molecule has 0 radical (unpaired) electrons. The summed E-state index contributed by atoms with van der Waals surface area (Å²) in [5, 5.41) is 8.17. The van der Waals surface area contributed by atoms with Crippen molar-refractivity contribution in [1.29, 1.82) is 0 Å². The van der Waals surface area contributed by atoms with E-state index in [1.165, 1.54) is 12.0 Å². The highest BCUT2D eigenvalue weighted by Gasteiger charge is 2.41. The molecule has 1 aromatic heterocycles.